The molecule has 0 aliphatic heterocycles. The largest absolute Gasteiger partial charge is 0.491 e. The minimum Gasteiger partial charge on any atom is -0.491 e. The number of anilines is 1. The van der Waals surface area contributed by atoms with Gasteiger partial charge in [0, 0.05) is 16.6 Å². The van der Waals surface area contributed by atoms with Gasteiger partial charge in [0.2, 0.25) is 0 Å². The highest BCUT2D eigenvalue weighted by atomic mass is 32.2. The average molecular weight is 299 g/mol. The Morgan fingerprint density at radius 2 is 2.00 bits per heavy atom. The van der Waals surface area contributed by atoms with Crippen LogP contribution in [0.25, 0.3) is 11.0 Å². The van der Waals surface area contributed by atoms with E-state index in [4.69, 9.17) is 10.5 Å². The third-order valence-electron chi connectivity index (χ3n) is 2.86. The molecule has 0 atom stereocenters. The molecule has 0 unspecified atom stereocenters. The Bertz CT molecular complexity index is 734. The van der Waals surface area contributed by atoms with Gasteiger partial charge >= 0.3 is 0 Å². The molecule has 0 amide bonds. The summed E-state index contributed by atoms with van der Waals surface area (Å²) in [4.78, 5) is 8.85. The van der Waals surface area contributed by atoms with Gasteiger partial charge in [0.1, 0.15) is 5.75 Å². The van der Waals surface area contributed by atoms with Crippen LogP contribution >= 0.6 is 11.8 Å². The van der Waals surface area contributed by atoms with Crippen LogP contribution in [0.1, 0.15) is 13.8 Å². The van der Waals surface area contributed by atoms with Crippen molar-refractivity contribution in [2.24, 2.45) is 0 Å². The number of ether oxygens (including phenoxy) is 1. The molecule has 108 valence electrons. The molecular weight excluding hydrogens is 282 g/mol. The van der Waals surface area contributed by atoms with Crippen LogP contribution in [0.5, 0.6) is 5.75 Å². The fourth-order valence-electron chi connectivity index (χ4n) is 2.08. The molecule has 0 spiro atoms. The topological polar surface area (TPSA) is 63.9 Å². The number of imidazole rings is 1. The Kier molecular flexibility index (Phi) is 3.75. The number of benzene rings is 2. The molecule has 5 heteroatoms. The van der Waals surface area contributed by atoms with Gasteiger partial charge in [0.25, 0.3) is 0 Å². The molecule has 0 fully saturated rings. The molecule has 3 aromatic rings. The first-order chi connectivity index (χ1) is 10.1. The molecule has 1 aromatic heterocycles. The van der Waals surface area contributed by atoms with Crippen molar-refractivity contribution in [3.63, 3.8) is 0 Å². The standard InChI is InChI=1S/C16H17N3OS/c1-10(2)20-12-7-11(17)8-13(9-12)21-16-18-14-5-3-4-6-15(14)19-16/h3-10H,17H2,1-2H3,(H,18,19). The fraction of sp³-hybridized carbons (Fsp3) is 0.188. The molecule has 0 saturated heterocycles. The van der Waals surface area contributed by atoms with Crippen molar-refractivity contribution >= 4 is 28.5 Å². The minimum absolute atomic E-state index is 0.121. The van der Waals surface area contributed by atoms with Crippen molar-refractivity contribution in [1.29, 1.82) is 0 Å². The van der Waals surface area contributed by atoms with Gasteiger partial charge in [-0.15, -0.1) is 0 Å². The number of H-pyrrole nitrogens is 1. The number of nitrogens with zero attached hydrogens (tertiary/aromatic N) is 1. The van der Waals surface area contributed by atoms with Gasteiger partial charge in [-0.25, -0.2) is 4.98 Å². The zero-order valence-corrected chi connectivity index (χ0v) is 12.8. The SMILES string of the molecule is CC(C)Oc1cc(N)cc(Sc2nc3ccccc3[nH]2)c1. The van der Waals surface area contributed by atoms with E-state index >= 15 is 0 Å². The van der Waals surface area contributed by atoms with Crippen molar-refractivity contribution in [3.05, 3.63) is 42.5 Å². The second-order valence-corrected chi connectivity index (χ2v) is 6.13. The monoisotopic (exact) mass is 299 g/mol. The summed E-state index contributed by atoms with van der Waals surface area (Å²) in [5, 5.41) is 0.845. The number of nitrogens with one attached hydrogen (secondary N) is 1. The highest BCUT2D eigenvalue weighted by Gasteiger charge is 2.07. The zero-order valence-electron chi connectivity index (χ0n) is 12.0. The van der Waals surface area contributed by atoms with Gasteiger partial charge in [0.05, 0.1) is 17.1 Å². The van der Waals surface area contributed by atoms with E-state index in [1.54, 1.807) is 11.8 Å². The van der Waals surface area contributed by atoms with Crippen LogP contribution in [0.15, 0.2) is 52.5 Å². The third kappa shape index (κ3) is 3.31. The van der Waals surface area contributed by atoms with Crippen molar-refractivity contribution in [2.75, 3.05) is 5.73 Å². The van der Waals surface area contributed by atoms with Gasteiger partial charge in [-0.3, -0.25) is 0 Å². The normalized spacial score (nSPS) is 11.2. The van der Waals surface area contributed by atoms with Gasteiger partial charge in [0.15, 0.2) is 5.16 Å². The number of fused-ring (bicyclic) bond motifs is 1. The number of aromatic nitrogens is 2. The third-order valence-corrected chi connectivity index (χ3v) is 3.71. The van der Waals surface area contributed by atoms with Crippen LogP contribution < -0.4 is 10.5 Å². The maximum Gasteiger partial charge on any atom is 0.171 e. The lowest BCUT2D eigenvalue weighted by atomic mass is 10.3. The Morgan fingerprint density at radius 3 is 2.76 bits per heavy atom. The summed E-state index contributed by atoms with van der Waals surface area (Å²) in [6, 6.07) is 13.7. The number of hydrogen-bond acceptors (Lipinski definition) is 4. The molecule has 4 nitrogen and oxygen atoms in total. The van der Waals surface area contributed by atoms with Crippen molar-refractivity contribution < 1.29 is 4.74 Å². The lowest BCUT2D eigenvalue weighted by molar-refractivity contribution is 0.242. The van der Waals surface area contributed by atoms with Gasteiger partial charge in [-0.2, -0.15) is 0 Å². The smallest absolute Gasteiger partial charge is 0.171 e. The van der Waals surface area contributed by atoms with Crippen LogP contribution in [0.4, 0.5) is 5.69 Å². The highest BCUT2D eigenvalue weighted by molar-refractivity contribution is 7.99. The number of nitrogen functional groups attached to an aromatic ring is 1. The summed E-state index contributed by atoms with van der Waals surface area (Å²) in [6.45, 7) is 3.99. The van der Waals surface area contributed by atoms with Crippen molar-refractivity contribution in [1.82, 2.24) is 9.97 Å². The zero-order chi connectivity index (χ0) is 14.8. The van der Waals surface area contributed by atoms with Gasteiger partial charge < -0.3 is 15.5 Å². The number of hydrogen-bond donors (Lipinski definition) is 2. The van der Waals surface area contributed by atoms with Crippen molar-refractivity contribution in [2.45, 2.75) is 30.0 Å². The van der Waals surface area contributed by atoms with Crippen LogP contribution in [0.3, 0.4) is 0 Å². The maximum atomic E-state index is 5.94. The van der Waals surface area contributed by atoms with E-state index < -0.39 is 0 Å². The molecule has 0 bridgehead atoms. The minimum atomic E-state index is 0.121. The predicted octanol–water partition coefficient (Wildman–Crippen LogP) is 4.08. The van der Waals surface area contributed by atoms with Crippen LogP contribution in [0, 0.1) is 0 Å². The molecule has 0 aliphatic carbocycles. The van der Waals surface area contributed by atoms with Crippen LogP contribution in [0.2, 0.25) is 0 Å². The number of para-hydroxylation sites is 2. The molecule has 21 heavy (non-hydrogen) atoms. The summed E-state index contributed by atoms with van der Waals surface area (Å²) in [7, 11) is 0. The quantitative estimate of drug-likeness (QED) is 0.712. The Hall–Kier alpha value is -2.14. The first kappa shape index (κ1) is 13.8. The molecule has 3 rings (SSSR count). The highest BCUT2D eigenvalue weighted by Crippen LogP contribution is 2.32. The first-order valence-corrected chi connectivity index (χ1v) is 7.61. The second-order valence-electron chi connectivity index (χ2n) is 5.07. The summed E-state index contributed by atoms with van der Waals surface area (Å²) in [5.74, 6) is 0.781. The van der Waals surface area contributed by atoms with E-state index in [2.05, 4.69) is 9.97 Å². The Labute approximate surface area is 127 Å². The Balaban J connectivity index is 1.88. The van der Waals surface area contributed by atoms with E-state index in [1.807, 2.05) is 56.3 Å². The molecule has 0 radical (unpaired) electrons. The fourth-order valence-corrected chi connectivity index (χ4v) is 2.98. The number of nitrogens with two attached hydrogens (primary N) is 1. The molecule has 3 N–H and O–H groups in total. The van der Waals surface area contributed by atoms with Gasteiger partial charge in [-0.05, 0) is 38.1 Å². The summed E-state index contributed by atoms with van der Waals surface area (Å²) < 4.78 is 5.71. The lowest BCUT2D eigenvalue weighted by Crippen LogP contribution is -2.05. The van der Waals surface area contributed by atoms with E-state index in [0.717, 1.165) is 26.8 Å². The summed E-state index contributed by atoms with van der Waals surface area (Å²) >= 11 is 1.54. The van der Waals surface area contributed by atoms with E-state index in [1.165, 1.54) is 0 Å². The lowest BCUT2D eigenvalue weighted by Gasteiger charge is -2.11. The summed E-state index contributed by atoms with van der Waals surface area (Å²) in [6.07, 6.45) is 0.121. The molecule has 0 aliphatic rings. The van der Waals surface area contributed by atoms with E-state index in [-0.39, 0.29) is 6.10 Å². The second kappa shape index (κ2) is 5.69. The number of aromatic amines is 1. The first-order valence-electron chi connectivity index (χ1n) is 6.80. The van der Waals surface area contributed by atoms with Crippen LogP contribution in [-0.4, -0.2) is 16.1 Å². The van der Waals surface area contributed by atoms with Crippen LogP contribution in [-0.2, 0) is 0 Å². The predicted molar refractivity (Wildman–Crippen MR) is 86.8 cm³/mol. The summed E-state index contributed by atoms with van der Waals surface area (Å²) in [5.41, 5.74) is 8.62. The molecule has 1 heterocycles. The maximum absolute atomic E-state index is 5.94. The molecular formula is C16H17N3OS. The van der Waals surface area contributed by atoms with Crippen molar-refractivity contribution in [3.8, 4) is 5.75 Å². The number of rotatable bonds is 4. The molecule has 0 saturated carbocycles. The van der Waals surface area contributed by atoms with E-state index in [9.17, 15) is 0 Å². The van der Waals surface area contributed by atoms with E-state index in [0.29, 0.717) is 5.69 Å². The average Bonchev–Trinajstić information content (AvgIpc) is 2.78. The van der Waals surface area contributed by atoms with Gasteiger partial charge in [-0.1, -0.05) is 23.9 Å². The molecule has 2 aromatic carbocycles. The Morgan fingerprint density at radius 1 is 1.19 bits per heavy atom.